The Balaban J connectivity index is 2.26. The third kappa shape index (κ3) is 4.28. The van der Waals surface area contributed by atoms with Gasteiger partial charge < -0.3 is 18.9 Å². The zero-order valence-electron chi connectivity index (χ0n) is 14.5. The minimum atomic E-state index is -1.25. The van der Waals surface area contributed by atoms with Crippen LogP contribution in [0, 0.1) is 5.92 Å². The fourth-order valence-corrected chi connectivity index (χ4v) is 2.09. The lowest BCUT2D eigenvalue weighted by molar-refractivity contribution is -0.222. The van der Waals surface area contributed by atoms with E-state index in [4.69, 9.17) is 18.9 Å². The molecular formula is C18H22O6. The van der Waals surface area contributed by atoms with E-state index in [-0.39, 0.29) is 5.57 Å². The molecule has 0 bridgehead atoms. The summed E-state index contributed by atoms with van der Waals surface area (Å²) in [4.78, 5) is 24.0. The summed E-state index contributed by atoms with van der Waals surface area (Å²) in [7, 11) is 1.53. The Kier molecular flexibility index (Phi) is 5.17. The molecule has 6 heteroatoms. The molecule has 0 amide bonds. The first-order valence-corrected chi connectivity index (χ1v) is 7.71. The van der Waals surface area contributed by atoms with E-state index in [1.165, 1.54) is 27.0 Å². The minimum absolute atomic E-state index is 0.160. The Morgan fingerprint density at radius 1 is 1.12 bits per heavy atom. The van der Waals surface area contributed by atoms with Crippen LogP contribution in [0.5, 0.6) is 11.5 Å². The maximum Gasteiger partial charge on any atom is 0.348 e. The Hall–Kier alpha value is -2.50. The lowest BCUT2D eigenvalue weighted by Crippen LogP contribution is -2.41. The molecule has 0 saturated carbocycles. The molecule has 24 heavy (non-hydrogen) atoms. The van der Waals surface area contributed by atoms with Crippen LogP contribution in [0.15, 0.2) is 23.8 Å². The maximum absolute atomic E-state index is 12.0. The molecule has 0 aliphatic carbocycles. The maximum atomic E-state index is 12.0. The zero-order valence-corrected chi connectivity index (χ0v) is 14.5. The fraction of sp³-hybridized carbons (Fsp3) is 0.444. The van der Waals surface area contributed by atoms with Crippen LogP contribution in [0.2, 0.25) is 0 Å². The van der Waals surface area contributed by atoms with Gasteiger partial charge in [0.2, 0.25) is 0 Å². The Labute approximate surface area is 141 Å². The standard InChI is InChI=1S/C18H22O6/c1-11(2)10-22-14-7-6-12(9-15(14)21-5)8-13-16(19)23-18(3,4)24-17(13)20/h6-9,11H,10H2,1-5H3. The molecule has 1 aromatic rings. The highest BCUT2D eigenvalue weighted by atomic mass is 16.7. The number of hydrogen-bond donors (Lipinski definition) is 0. The quantitative estimate of drug-likeness (QED) is 0.468. The van der Waals surface area contributed by atoms with Crippen LogP contribution in [0.25, 0.3) is 6.08 Å². The number of methoxy groups -OCH3 is 1. The van der Waals surface area contributed by atoms with Gasteiger partial charge in [0.25, 0.3) is 5.79 Å². The number of rotatable bonds is 5. The zero-order chi connectivity index (χ0) is 17.9. The summed E-state index contributed by atoms with van der Waals surface area (Å²) < 4.78 is 21.1. The number of ether oxygens (including phenoxy) is 4. The summed E-state index contributed by atoms with van der Waals surface area (Å²) >= 11 is 0. The van der Waals surface area contributed by atoms with Gasteiger partial charge in [0.1, 0.15) is 5.57 Å². The van der Waals surface area contributed by atoms with Gasteiger partial charge >= 0.3 is 11.9 Å². The molecule has 6 nitrogen and oxygen atoms in total. The van der Waals surface area contributed by atoms with E-state index >= 15 is 0 Å². The first kappa shape index (κ1) is 17.8. The highest BCUT2D eigenvalue weighted by Crippen LogP contribution is 2.30. The molecule has 2 rings (SSSR count). The lowest BCUT2D eigenvalue weighted by Gasteiger charge is -2.29. The largest absolute Gasteiger partial charge is 0.493 e. The van der Waals surface area contributed by atoms with Gasteiger partial charge in [0.05, 0.1) is 13.7 Å². The molecule has 1 aromatic carbocycles. The molecule has 0 aromatic heterocycles. The van der Waals surface area contributed by atoms with E-state index in [2.05, 4.69) is 0 Å². The smallest absolute Gasteiger partial charge is 0.348 e. The monoisotopic (exact) mass is 334 g/mol. The van der Waals surface area contributed by atoms with Gasteiger partial charge in [0, 0.05) is 13.8 Å². The third-order valence-electron chi connectivity index (χ3n) is 3.19. The van der Waals surface area contributed by atoms with Gasteiger partial charge in [-0.3, -0.25) is 0 Å². The molecule has 0 atom stereocenters. The topological polar surface area (TPSA) is 71.1 Å². The van der Waals surface area contributed by atoms with Crippen molar-refractivity contribution in [2.45, 2.75) is 33.5 Å². The van der Waals surface area contributed by atoms with Crippen molar-refractivity contribution in [3.05, 3.63) is 29.3 Å². The molecular weight excluding hydrogens is 312 g/mol. The first-order valence-electron chi connectivity index (χ1n) is 7.71. The van der Waals surface area contributed by atoms with Crippen molar-refractivity contribution >= 4 is 18.0 Å². The van der Waals surface area contributed by atoms with Crippen molar-refractivity contribution in [2.24, 2.45) is 5.92 Å². The van der Waals surface area contributed by atoms with Crippen LogP contribution in [0.4, 0.5) is 0 Å². The highest BCUT2D eigenvalue weighted by molar-refractivity contribution is 6.18. The predicted octanol–water partition coefficient (Wildman–Crippen LogP) is 2.95. The van der Waals surface area contributed by atoms with E-state index in [0.29, 0.717) is 29.6 Å². The summed E-state index contributed by atoms with van der Waals surface area (Å²) in [5.74, 6) is -1.18. The number of cyclic esters (lactones) is 2. The minimum Gasteiger partial charge on any atom is -0.493 e. The molecule has 1 aliphatic heterocycles. The van der Waals surface area contributed by atoms with Crippen LogP contribution in [-0.4, -0.2) is 31.4 Å². The van der Waals surface area contributed by atoms with Gasteiger partial charge in [-0.15, -0.1) is 0 Å². The normalized spacial score (nSPS) is 16.5. The lowest BCUT2D eigenvalue weighted by atomic mass is 10.1. The van der Waals surface area contributed by atoms with Gasteiger partial charge in [0.15, 0.2) is 11.5 Å². The van der Waals surface area contributed by atoms with E-state index < -0.39 is 17.7 Å². The number of carbonyl (C=O) groups excluding carboxylic acids is 2. The molecule has 0 spiro atoms. The van der Waals surface area contributed by atoms with E-state index in [1.807, 2.05) is 13.8 Å². The molecule has 1 fully saturated rings. The summed E-state index contributed by atoms with van der Waals surface area (Å²) in [5.41, 5.74) is 0.444. The van der Waals surface area contributed by atoms with Crippen molar-refractivity contribution in [3.8, 4) is 11.5 Å². The van der Waals surface area contributed by atoms with Crippen LogP contribution in [0.3, 0.4) is 0 Å². The second kappa shape index (κ2) is 6.95. The molecule has 130 valence electrons. The Morgan fingerprint density at radius 2 is 1.75 bits per heavy atom. The molecule has 1 saturated heterocycles. The van der Waals surface area contributed by atoms with Gasteiger partial charge in [-0.2, -0.15) is 0 Å². The second-order valence-corrected chi connectivity index (χ2v) is 6.35. The van der Waals surface area contributed by atoms with E-state index in [1.54, 1.807) is 18.2 Å². The average molecular weight is 334 g/mol. The van der Waals surface area contributed by atoms with Crippen molar-refractivity contribution in [1.82, 2.24) is 0 Å². The predicted molar refractivity (Wildman–Crippen MR) is 87.6 cm³/mol. The molecule has 1 aliphatic rings. The fourth-order valence-electron chi connectivity index (χ4n) is 2.09. The average Bonchev–Trinajstić information content (AvgIpc) is 2.48. The van der Waals surface area contributed by atoms with Crippen LogP contribution >= 0.6 is 0 Å². The first-order chi connectivity index (χ1) is 11.2. The summed E-state index contributed by atoms with van der Waals surface area (Å²) in [6.07, 6.45) is 1.41. The summed E-state index contributed by atoms with van der Waals surface area (Å²) in [6.45, 7) is 7.66. The summed E-state index contributed by atoms with van der Waals surface area (Å²) in [5, 5.41) is 0. The van der Waals surface area contributed by atoms with Crippen molar-refractivity contribution in [2.75, 3.05) is 13.7 Å². The van der Waals surface area contributed by atoms with E-state index in [9.17, 15) is 9.59 Å². The van der Waals surface area contributed by atoms with Gasteiger partial charge in [-0.25, -0.2) is 9.59 Å². The highest BCUT2D eigenvalue weighted by Gasteiger charge is 2.38. The Bertz CT molecular complexity index is 650. The SMILES string of the molecule is COc1cc(C=C2C(=O)OC(C)(C)OC2=O)ccc1OCC(C)C. The van der Waals surface area contributed by atoms with E-state index in [0.717, 1.165) is 0 Å². The van der Waals surface area contributed by atoms with Crippen LogP contribution < -0.4 is 9.47 Å². The second-order valence-electron chi connectivity index (χ2n) is 6.35. The molecule has 0 N–H and O–H groups in total. The molecule has 1 heterocycles. The van der Waals surface area contributed by atoms with Gasteiger partial charge in [-0.05, 0) is 29.7 Å². The number of benzene rings is 1. The van der Waals surface area contributed by atoms with Crippen molar-refractivity contribution < 1.29 is 28.5 Å². The number of esters is 2. The van der Waals surface area contributed by atoms with Gasteiger partial charge in [-0.1, -0.05) is 19.9 Å². The van der Waals surface area contributed by atoms with Crippen LogP contribution in [0.1, 0.15) is 33.3 Å². The number of hydrogen-bond acceptors (Lipinski definition) is 6. The van der Waals surface area contributed by atoms with Crippen LogP contribution in [-0.2, 0) is 19.1 Å². The third-order valence-corrected chi connectivity index (χ3v) is 3.19. The van der Waals surface area contributed by atoms with Crippen molar-refractivity contribution in [3.63, 3.8) is 0 Å². The summed E-state index contributed by atoms with van der Waals surface area (Å²) in [6, 6.07) is 5.14. The molecule has 0 unspecified atom stereocenters. The van der Waals surface area contributed by atoms with Crippen molar-refractivity contribution in [1.29, 1.82) is 0 Å². The Morgan fingerprint density at radius 3 is 2.29 bits per heavy atom. The number of carbonyl (C=O) groups is 2. The molecule has 0 radical (unpaired) electrons.